The van der Waals surface area contributed by atoms with Crippen LogP contribution in [0.3, 0.4) is 0 Å². The summed E-state index contributed by atoms with van der Waals surface area (Å²) >= 11 is 1.65. The van der Waals surface area contributed by atoms with Gasteiger partial charge in [0.25, 0.3) is 5.91 Å². The van der Waals surface area contributed by atoms with Crippen LogP contribution < -0.4 is 14.8 Å². The molecule has 0 radical (unpaired) electrons. The molecule has 0 aliphatic carbocycles. The van der Waals surface area contributed by atoms with Gasteiger partial charge < -0.3 is 24.1 Å². The van der Waals surface area contributed by atoms with Gasteiger partial charge in [-0.3, -0.25) is 14.4 Å². The van der Waals surface area contributed by atoms with Crippen molar-refractivity contribution >= 4 is 29.0 Å². The van der Waals surface area contributed by atoms with Crippen LogP contribution in [-0.2, 0) is 16.1 Å². The van der Waals surface area contributed by atoms with Crippen molar-refractivity contribution in [3.63, 3.8) is 0 Å². The van der Waals surface area contributed by atoms with Gasteiger partial charge in [-0.15, -0.1) is 11.3 Å². The number of ether oxygens (including phenoxy) is 3. The zero-order valence-corrected chi connectivity index (χ0v) is 19.8. The average molecular weight is 471 g/mol. The molecule has 174 valence electrons. The molecule has 2 aromatic heterocycles. The van der Waals surface area contributed by atoms with E-state index in [4.69, 9.17) is 14.2 Å². The van der Waals surface area contributed by atoms with E-state index in [1.807, 2.05) is 31.4 Å². The van der Waals surface area contributed by atoms with E-state index in [0.717, 1.165) is 11.4 Å². The Balaban J connectivity index is 1.54. The molecule has 1 aromatic carbocycles. The van der Waals surface area contributed by atoms with E-state index in [9.17, 15) is 14.4 Å². The number of carbonyl (C=O) groups excluding carboxylic acids is 3. The molecule has 0 aliphatic heterocycles. The maximum absolute atomic E-state index is 12.6. The van der Waals surface area contributed by atoms with Gasteiger partial charge in [0.05, 0.1) is 20.8 Å². The number of amides is 1. The molecule has 0 saturated heterocycles. The molecule has 0 atom stereocenters. The van der Waals surface area contributed by atoms with E-state index in [1.165, 1.54) is 31.2 Å². The van der Waals surface area contributed by atoms with Crippen molar-refractivity contribution < 1.29 is 28.6 Å². The highest BCUT2D eigenvalue weighted by Crippen LogP contribution is 2.22. The molecule has 8 nitrogen and oxygen atoms in total. The number of hydrogen-bond acceptors (Lipinski definition) is 7. The van der Waals surface area contributed by atoms with Gasteiger partial charge in [-0.05, 0) is 43.5 Å². The van der Waals surface area contributed by atoms with Crippen molar-refractivity contribution in [2.45, 2.75) is 20.4 Å². The zero-order valence-electron chi connectivity index (χ0n) is 19.0. The molecular weight excluding hydrogens is 444 g/mol. The summed E-state index contributed by atoms with van der Waals surface area (Å²) in [6.45, 7) is 3.72. The van der Waals surface area contributed by atoms with Crippen LogP contribution in [0.1, 0.15) is 37.0 Å². The minimum absolute atomic E-state index is 0.272. The van der Waals surface area contributed by atoms with Crippen LogP contribution in [0.25, 0.3) is 0 Å². The fraction of sp³-hybridized carbons (Fsp3) is 0.292. The van der Waals surface area contributed by atoms with Crippen LogP contribution in [0.2, 0.25) is 0 Å². The Morgan fingerprint density at radius 2 is 1.73 bits per heavy atom. The molecule has 0 bridgehead atoms. The summed E-state index contributed by atoms with van der Waals surface area (Å²) in [7, 11) is 2.95. The smallest absolute Gasteiger partial charge is 0.325 e. The Morgan fingerprint density at radius 3 is 2.33 bits per heavy atom. The van der Waals surface area contributed by atoms with E-state index < -0.39 is 18.5 Å². The second-order valence-corrected chi connectivity index (χ2v) is 8.35. The normalized spacial score (nSPS) is 10.5. The molecule has 1 N–H and O–H groups in total. The number of methoxy groups -OCH3 is 2. The molecule has 9 heteroatoms. The van der Waals surface area contributed by atoms with Crippen molar-refractivity contribution in [2.75, 3.05) is 27.4 Å². The van der Waals surface area contributed by atoms with Gasteiger partial charge in [-0.25, -0.2) is 0 Å². The highest BCUT2D eigenvalue weighted by molar-refractivity contribution is 7.09. The van der Waals surface area contributed by atoms with Gasteiger partial charge in [0.15, 0.2) is 6.61 Å². The molecule has 0 aliphatic rings. The quantitative estimate of drug-likeness (QED) is 0.361. The second-order valence-electron chi connectivity index (χ2n) is 7.32. The van der Waals surface area contributed by atoms with Gasteiger partial charge in [-0.1, -0.05) is 6.07 Å². The van der Waals surface area contributed by atoms with Gasteiger partial charge in [0.1, 0.15) is 18.0 Å². The number of nitrogens with one attached hydrogen (secondary N) is 1. The van der Waals surface area contributed by atoms with Crippen LogP contribution in [0.15, 0.2) is 41.8 Å². The Bertz CT molecular complexity index is 1130. The summed E-state index contributed by atoms with van der Waals surface area (Å²) in [6.07, 6.45) is 0. The molecule has 3 rings (SSSR count). The molecule has 2 heterocycles. The van der Waals surface area contributed by atoms with Gasteiger partial charge in [0, 0.05) is 33.5 Å². The maximum Gasteiger partial charge on any atom is 0.325 e. The number of esters is 1. The van der Waals surface area contributed by atoms with Gasteiger partial charge in [0.2, 0.25) is 5.78 Å². The second kappa shape index (κ2) is 10.8. The first kappa shape index (κ1) is 24.1. The van der Waals surface area contributed by atoms with Crippen molar-refractivity contribution in [1.29, 1.82) is 0 Å². The molecule has 0 fully saturated rings. The fourth-order valence-electron chi connectivity index (χ4n) is 3.35. The van der Waals surface area contributed by atoms with Crippen LogP contribution in [0.4, 0.5) is 0 Å². The third-order valence-corrected chi connectivity index (χ3v) is 6.00. The third kappa shape index (κ3) is 6.01. The number of nitrogens with zero attached hydrogens (tertiary/aromatic N) is 1. The zero-order chi connectivity index (χ0) is 24.0. The standard InChI is InChI=1S/C24H26N2O6S/c1-15-8-21(16(2)26(15)13-20-6-5-7-33-20)22(27)14-32-23(28)12-25-24(29)17-9-18(30-3)11-19(10-17)31-4/h5-11H,12-14H2,1-4H3,(H,25,29). The van der Waals surface area contributed by atoms with Crippen molar-refractivity contribution in [1.82, 2.24) is 9.88 Å². The Hall–Kier alpha value is -3.59. The number of Topliss-reactive ketones (excluding diaryl/α,β-unsaturated/α-hetero) is 1. The minimum atomic E-state index is -0.709. The van der Waals surface area contributed by atoms with E-state index in [1.54, 1.807) is 23.5 Å². The number of rotatable bonds is 10. The Labute approximate surface area is 196 Å². The van der Waals surface area contributed by atoms with Crippen LogP contribution in [0, 0.1) is 13.8 Å². The van der Waals surface area contributed by atoms with Crippen molar-refractivity contribution in [3.8, 4) is 11.5 Å². The molecule has 1 amide bonds. The van der Waals surface area contributed by atoms with Crippen molar-refractivity contribution in [3.05, 3.63) is 69.2 Å². The number of aryl methyl sites for hydroxylation is 1. The Kier molecular flexibility index (Phi) is 7.89. The van der Waals surface area contributed by atoms with Gasteiger partial charge in [-0.2, -0.15) is 0 Å². The predicted octanol–water partition coefficient (Wildman–Crippen LogP) is 3.39. The highest BCUT2D eigenvalue weighted by atomic mass is 32.1. The van der Waals surface area contributed by atoms with Crippen LogP contribution in [-0.4, -0.2) is 49.6 Å². The first-order valence-electron chi connectivity index (χ1n) is 10.2. The van der Waals surface area contributed by atoms with E-state index in [0.29, 0.717) is 23.6 Å². The number of carbonyl (C=O) groups is 3. The van der Waals surface area contributed by atoms with Gasteiger partial charge >= 0.3 is 5.97 Å². The van der Waals surface area contributed by atoms with Crippen LogP contribution >= 0.6 is 11.3 Å². The summed E-state index contributed by atoms with van der Waals surface area (Å²) in [5, 5.41) is 4.49. The SMILES string of the molecule is COc1cc(OC)cc(C(=O)NCC(=O)OCC(=O)c2cc(C)n(Cc3cccs3)c2C)c1. The van der Waals surface area contributed by atoms with E-state index in [-0.39, 0.29) is 17.9 Å². The lowest BCUT2D eigenvalue weighted by molar-refractivity contribution is -0.141. The molecular formula is C24H26N2O6S. The first-order chi connectivity index (χ1) is 15.8. The predicted molar refractivity (Wildman–Crippen MR) is 124 cm³/mol. The third-order valence-electron chi connectivity index (χ3n) is 5.14. The number of thiophene rings is 1. The van der Waals surface area contributed by atoms with Crippen molar-refractivity contribution in [2.24, 2.45) is 0 Å². The first-order valence-corrected chi connectivity index (χ1v) is 11.1. The molecule has 0 saturated carbocycles. The summed E-state index contributed by atoms with van der Waals surface area (Å²) < 4.78 is 17.4. The number of hydrogen-bond donors (Lipinski definition) is 1. The molecule has 3 aromatic rings. The highest BCUT2D eigenvalue weighted by Gasteiger charge is 2.18. The van der Waals surface area contributed by atoms with Crippen LogP contribution in [0.5, 0.6) is 11.5 Å². The van der Waals surface area contributed by atoms with E-state index >= 15 is 0 Å². The topological polar surface area (TPSA) is 95.9 Å². The minimum Gasteiger partial charge on any atom is -0.497 e. The fourth-order valence-corrected chi connectivity index (χ4v) is 4.05. The summed E-state index contributed by atoms with van der Waals surface area (Å²) in [5.74, 6) is -0.599. The number of ketones is 1. The largest absolute Gasteiger partial charge is 0.497 e. The lowest BCUT2D eigenvalue weighted by Gasteiger charge is -2.10. The molecule has 33 heavy (non-hydrogen) atoms. The maximum atomic E-state index is 12.6. The summed E-state index contributed by atoms with van der Waals surface area (Å²) in [5.41, 5.74) is 2.57. The number of benzene rings is 1. The monoisotopic (exact) mass is 470 g/mol. The number of aromatic nitrogens is 1. The lowest BCUT2D eigenvalue weighted by atomic mass is 10.1. The molecule has 0 unspecified atom stereocenters. The van der Waals surface area contributed by atoms with E-state index in [2.05, 4.69) is 9.88 Å². The summed E-state index contributed by atoms with van der Waals surface area (Å²) in [6, 6.07) is 10.5. The average Bonchev–Trinajstić information content (AvgIpc) is 3.44. The molecule has 0 spiro atoms. The Morgan fingerprint density at radius 1 is 1.03 bits per heavy atom. The summed E-state index contributed by atoms with van der Waals surface area (Å²) in [4.78, 5) is 38.3. The lowest BCUT2D eigenvalue weighted by Crippen LogP contribution is -2.31.